The maximum atomic E-state index is 11.0. The maximum Gasteiger partial charge on any atom is 0.320 e. The average Bonchev–Trinajstić information content (AvgIpc) is 2.33. The lowest BCUT2D eigenvalue weighted by Gasteiger charge is -2.31. The van der Waals surface area contributed by atoms with Gasteiger partial charge in [0.2, 0.25) is 0 Å². The number of hydrogen-bond acceptors (Lipinski definition) is 3. The molecule has 2 N–H and O–H groups in total. The highest BCUT2D eigenvalue weighted by molar-refractivity contribution is 9.10. The second kappa shape index (κ2) is 6.20. The van der Waals surface area contributed by atoms with Gasteiger partial charge in [-0.05, 0) is 38.6 Å². The van der Waals surface area contributed by atoms with Gasteiger partial charge in [0, 0.05) is 16.1 Å². The fourth-order valence-electron chi connectivity index (χ4n) is 1.96. The molecule has 0 radical (unpaired) electrons. The largest absolute Gasteiger partial charge is 0.508 e. The Morgan fingerprint density at radius 1 is 1.50 bits per heavy atom. The number of phenolic OH excluding ortho intramolecular Hbond substituents is 1. The Bertz CT molecular complexity index is 436. The molecule has 0 aromatic heterocycles. The average molecular weight is 316 g/mol. The summed E-state index contributed by atoms with van der Waals surface area (Å²) in [6, 6.07) is 4.46. The highest BCUT2D eigenvalue weighted by Crippen LogP contribution is 2.33. The van der Waals surface area contributed by atoms with Crippen molar-refractivity contribution in [1.29, 1.82) is 0 Å². The summed E-state index contributed by atoms with van der Waals surface area (Å²) in [7, 11) is 1.76. The quantitative estimate of drug-likeness (QED) is 0.877. The third-order valence-electron chi connectivity index (χ3n) is 3.20. The van der Waals surface area contributed by atoms with E-state index in [1.165, 1.54) is 0 Å². The summed E-state index contributed by atoms with van der Waals surface area (Å²) in [4.78, 5) is 12.8. The molecule has 5 heteroatoms. The molecule has 0 saturated heterocycles. The molecule has 0 aliphatic rings. The van der Waals surface area contributed by atoms with Gasteiger partial charge in [0.05, 0.1) is 0 Å². The van der Waals surface area contributed by atoms with Gasteiger partial charge < -0.3 is 10.2 Å². The highest BCUT2D eigenvalue weighted by atomic mass is 79.9. The summed E-state index contributed by atoms with van der Waals surface area (Å²) in [6.07, 6.45) is 0.720. The number of benzene rings is 1. The SMILES string of the molecule is CCC(c1cc(Br)ccc1O)N(C)C(C)C(=O)O. The molecule has 100 valence electrons. The van der Waals surface area contributed by atoms with Crippen LogP contribution in [0.3, 0.4) is 0 Å². The summed E-state index contributed by atoms with van der Waals surface area (Å²) in [5, 5.41) is 19.0. The van der Waals surface area contributed by atoms with Crippen molar-refractivity contribution in [2.24, 2.45) is 0 Å². The number of hydrogen-bond donors (Lipinski definition) is 2. The molecule has 0 fully saturated rings. The summed E-state index contributed by atoms with van der Waals surface area (Å²) in [5.41, 5.74) is 0.738. The van der Waals surface area contributed by atoms with Crippen molar-refractivity contribution in [3.63, 3.8) is 0 Å². The Hall–Kier alpha value is -1.07. The first kappa shape index (κ1) is 15.0. The zero-order chi connectivity index (χ0) is 13.9. The Morgan fingerprint density at radius 2 is 2.11 bits per heavy atom. The van der Waals surface area contributed by atoms with Gasteiger partial charge in [-0.1, -0.05) is 22.9 Å². The molecule has 1 aromatic carbocycles. The minimum absolute atomic E-state index is 0.131. The molecule has 0 aliphatic carbocycles. The maximum absolute atomic E-state index is 11.0. The molecule has 0 aliphatic heterocycles. The van der Waals surface area contributed by atoms with Crippen LogP contribution in [-0.4, -0.2) is 34.2 Å². The third kappa shape index (κ3) is 3.23. The molecular formula is C13H18BrNO3. The predicted molar refractivity (Wildman–Crippen MR) is 73.7 cm³/mol. The molecule has 2 unspecified atom stereocenters. The Kier molecular flexibility index (Phi) is 5.16. The van der Waals surface area contributed by atoms with Gasteiger partial charge in [-0.2, -0.15) is 0 Å². The summed E-state index contributed by atoms with van der Waals surface area (Å²) >= 11 is 3.36. The van der Waals surface area contributed by atoms with Crippen LogP contribution in [0.4, 0.5) is 0 Å². The van der Waals surface area contributed by atoms with Crippen molar-refractivity contribution in [3.05, 3.63) is 28.2 Å². The normalized spacial score (nSPS) is 14.5. The van der Waals surface area contributed by atoms with E-state index in [2.05, 4.69) is 15.9 Å². The van der Waals surface area contributed by atoms with Crippen LogP contribution in [-0.2, 0) is 4.79 Å². The van der Waals surface area contributed by atoms with E-state index in [-0.39, 0.29) is 11.8 Å². The van der Waals surface area contributed by atoms with Crippen LogP contribution < -0.4 is 0 Å². The first-order chi connectivity index (χ1) is 8.38. The van der Waals surface area contributed by atoms with Crippen LogP contribution in [0.15, 0.2) is 22.7 Å². The van der Waals surface area contributed by atoms with Crippen molar-refractivity contribution >= 4 is 21.9 Å². The monoisotopic (exact) mass is 315 g/mol. The van der Waals surface area contributed by atoms with Crippen LogP contribution in [0, 0.1) is 0 Å². The molecule has 0 saturated carbocycles. The van der Waals surface area contributed by atoms with E-state index in [9.17, 15) is 9.90 Å². The van der Waals surface area contributed by atoms with E-state index >= 15 is 0 Å². The molecule has 0 heterocycles. The van der Waals surface area contributed by atoms with Crippen LogP contribution in [0.1, 0.15) is 31.9 Å². The van der Waals surface area contributed by atoms with Gasteiger partial charge in [-0.25, -0.2) is 0 Å². The molecule has 1 rings (SSSR count). The number of aliphatic carboxylic acids is 1. The van der Waals surface area contributed by atoms with Crippen molar-refractivity contribution in [2.75, 3.05) is 7.05 Å². The fraction of sp³-hybridized carbons (Fsp3) is 0.462. The number of nitrogens with zero attached hydrogens (tertiary/aromatic N) is 1. The number of carboxylic acids is 1. The van der Waals surface area contributed by atoms with E-state index in [4.69, 9.17) is 5.11 Å². The molecule has 0 amide bonds. The number of likely N-dealkylation sites (N-methyl/N-ethyl adjacent to an activating group) is 1. The lowest BCUT2D eigenvalue weighted by Crippen LogP contribution is -2.38. The summed E-state index contributed by atoms with van der Waals surface area (Å²) in [5.74, 6) is -0.681. The van der Waals surface area contributed by atoms with Crippen molar-refractivity contribution in [2.45, 2.75) is 32.4 Å². The van der Waals surface area contributed by atoms with E-state index in [0.717, 1.165) is 16.5 Å². The van der Waals surface area contributed by atoms with Gasteiger partial charge >= 0.3 is 5.97 Å². The second-order valence-electron chi connectivity index (χ2n) is 4.31. The molecule has 18 heavy (non-hydrogen) atoms. The molecule has 1 aromatic rings. The van der Waals surface area contributed by atoms with Gasteiger partial charge in [-0.3, -0.25) is 9.69 Å². The van der Waals surface area contributed by atoms with Gasteiger partial charge in [0.25, 0.3) is 0 Å². The predicted octanol–water partition coefficient (Wildman–Crippen LogP) is 3.01. The second-order valence-corrected chi connectivity index (χ2v) is 5.22. The number of aromatic hydroxyl groups is 1. The molecule has 4 nitrogen and oxygen atoms in total. The zero-order valence-corrected chi connectivity index (χ0v) is 12.3. The van der Waals surface area contributed by atoms with E-state index in [1.54, 1.807) is 31.0 Å². The van der Waals surface area contributed by atoms with Crippen molar-refractivity contribution < 1.29 is 15.0 Å². The first-order valence-corrected chi connectivity index (χ1v) is 6.61. The van der Waals surface area contributed by atoms with Crippen molar-refractivity contribution in [1.82, 2.24) is 4.90 Å². The third-order valence-corrected chi connectivity index (χ3v) is 3.69. The molecule has 0 bridgehead atoms. The van der Waals surface area contributed by atoms with Crippen LogP contribution >= 0.6 is 15.9 Å². The topological polar surface area (TPSA) is 60.8 Å². The summed E-state index contributed by atoms with van der Waals surface area (Å²) in [6.45, 7) is 3.61. The minimum atomic E-state index is -0.870. The number of carbonyl (C=O) groups is 1. The van der Waals surface area contributed by atoms with E-state index < -0.39 is 12.0 Å². The summed E-state index contributed by atoms with van der Waals surface area (Å²) < 4.78 is 0.866. The van der Waals surface area contributed by atoms with Gasteiger partial charge in [0.1, 0.15) is 11.8 Å². The molecule has 2 atom stereocenters. The molecule has 0 spiro atoms. The van der Waals surface area contributed by atoms with Crippen molar-refractivity contribution in [3.8, 4) is 5.75 Å². The number of carboxylic acid groups (broad SMARTS) is 1. The number of rotatable bonds is 5. The zero-order valence-electron chi connectivity index (χ0n) is 10.7. The standard InChI is InChI=1S/C13H18BrNO3/c1-4-11(15(3)8(2)13(17)18)10-7-9(14)5-6-12(10)16/h5-8,11,16H,4H2,1-3H3,(H,17,18). The van der Waals surface area contributed by atoms with Crippen LogP contribution in [0.5, 0.6) is 5.75 Å². The fourth-order valence-corrected chi connectivity index (χ4v) is 2.34. The minimum Gasteiger partial charge on any atom is -0.508 e. The van der Waals surface area contributed by atoms with E-state index in [0.29, 0.717) is 0 Å². The lowest BCUT2D eigenvalue weighted by molar-refractivity contribution is -0.143. The number of phenols is 1. The lowest BCUT2D eigenvalue weighted by atomic mass is 10.0. The van der Waals surface area contributed by atoms with Crippen LogP contribution in [0.2, 0.25) is 0 Å². The van der Waals surface area contributed by atoms with Gasteiger partial charge in [-0.15, -0.1) is 0 Å². The number of halogens is 1. The highest BCUT2D eigenvalue weighted by Gasteiger charge is 2.26. The molecular weight excluding hydrogens is 298 g/mol. The Balaban J connectivity index is 3.09. The van der Waals surface area contributed by atoms with Crippen LogP contribution in [0.25, 0.3) is 0 Å². The Morgan fingerprint density at radius 3 is 2.61 bits per heavy atom. The Labute approximate surface area is 115 Å². The van der Waals surface area contributed by atoms with E-state index in [1.807, 2.05) is 13.0 Å². The van der Waals surface area contributed by atoms with Gasteiger partial charge in [0.15, 0.2) is 0 Å². The smallest absolute Gasteiger partial charge is 0.320 e. The first-order valence-electron chi connectivity index (χ1n) is 5.81.